The molecule has 2 heterocycles. The van der Waals surface area contributed by atoms with Gasteiger partial charge in [0.1, 0.15) is 11.9 Å². The van der Waals surface area contributed by atoms with Gasteiger partial charge in [-0.1, -0.05) is 12.1 Å². The van der Waals surface area contributed by atoms with Crippen LogP contribution in [0.5, 0.6) is 11.8 Å². The Labute approximate surface area is 147 Å². The predicted octanol–water partition coefficient (Wildman–Crippen LogP) is 2.49. The number of likely N-dealkylation sites (tertiary alicyclic amines) is 1. The van der Waals surface area contributed by atoms with E-state index < -0.39 is 0 Å². The topological polar surface area (TPSA) is 64.5 Å². The zero-order valence-electron chi connectivity index (χ0n) is 14.4. The van der Waals surface area contributed by atoms with Crippen LogP contribution in [-0.2, 0) is 11.2 Å². The number of rotatable bonds is 6. The molecule has 0 bridgehead atoms. The number of benzene rings is 1. The molecule has 1 aliphatic heterocycles. The maximum absolute atomic E-state index is 12.5. The molecule has 0 aliphatic carbocycles. The first-order valence-corrected chi connectivity index (χ1v) is 8.68. The van der Waals surface area contributed by atoms with E-state index in [9.17, 15) is 4.79 Å². The van der Waals surface area contributed by atoms with Crippen molar-refractivity contribution >= 4 is 5.91 Å². The summed E-state index contributed by atoms with van der Waals surface area (Å²) in [6.07, 6.45) is 5.41. The molecule has 1 saturated heterocycles. The Morgan fingerprint density at radius 1 is 1.16 bits per heavy atom. The van der Waals surface area contributed by atoms with Crippen LogP contribution in [0.1, 0.15) is 25.3 Å². The summed E-state index contributed by atoms with van der Waals surface area (Å²) in [7, 11) is 0. The second-order valence-electron chi connectivity index (χ2n) is 5.98. The summed E-state index contributed by atoms with van der Waals surface area (Å²) >= 11 is 0. The normalized spacial score (nSPS) is 15.0. The average Bonchev–Trinajstić information content (AvgIpc) is 2.65. The Morgan fingerprint density at radius 2 is 1.84 bits per heavy atom. The first-order chi connectivity index (χ1) is 12.2. The summed E-state index contributed by atoms with van der Waals surface area (Å²) in [5, 5.41) is 0. The molecule has 25 heavy (non-hydrogen) atoms. The maximum atomic E-state index is 12.5. The molecule has 0 spiro atoms. The third kappa shape index (κ3) is 4.92. The van der Waals surface area contributed by atoms with E-state index in [4.69, 9.17) is 9.47 Å². The van der Waals surface area contributed by atoms with E-state index in [1.54, 1.807) is 18.5 Å². The number of carbonyl (C=O) groups excluding carboxylic acids is 1. The lowest BCUT2D eigenvalue weighted by Gasteiger charge is -2.31. The molecule has 3 rings (SSSR count). The Morgan fingerprint density at radius 3 is 2.48 bits per heavy atom. The summed E-state index contributed by atoms with van der Waals surface area (Å²) in [6.45, 7) is 4.00. The third-order valence-corrected chi connectivity index (χ3v) is 4.20. The molecular weight excluding hydrogens is 318 g/mol. The molecule has 6 nitrogen and oxygen atoms in total. The van der Waals surface area contributed by atoms with Gasteiger partial charge in [0, 0.05) is 38.3 Å². The number of piperidine rings is 1. The Kier molecular flexibility index (Phi) is 5.82. The number of aromatic nitrogens is 2. The van der Waals surface area contributed by atoms with Crippen LogP contribution in [0.15, 0.2) is 42.7 Å². The first-order valence-electron chi connectivity index (χ1n) is 8.68. The highest BCUT2D eigenvalue weighted by atomic mass is 16.5. The fraction of sp³-hybridized carbons (Fsp3) is 0.421. The van der Waals surface area contributed by atoms with E-state index in [1.165, 1.54) is 0 Å². The number of nitrogens with zero attached hydrogens (tertiary/aromatic N) is 3. The van der Waals surface area contributed by atoms with E-state index in [0.29, 0.717) is 32.1 Å². The molecule has 132 valence electrons. The van der Waals surface area contributed by atoms with Crippen molar-refractivity contribution in [3.05, 3.63) is 48.3 Å². The first kappa shape index (κ1) is 17.2. The second kappa shape index (κ2) is 8.46. The molecule has 0 N–H and O–H groups in total. The smallest absolute Gasteiger partial charge is 0.316 e. The van der Waals surface area contributed by atoms with Gasteiger partial charge >= 0.3 is 6.01 Å². The van der Waals surface area contributed by atoms with Gasteiger partial charge in [0.25, 0.3) is 0 Å². The van der Waals surface area contributed by atoms with Crippen molar-refractivity contribution in [3.63, 3.8) is 0 Å². The monoisotopic (exact) mass is 341 g/mol. The molecule has 1 aromatic carbocycles. The number of hydrogen-bond acceptors (Lipinski definition) is 5. The Bertz CT molecular complexity index is 668. The molecule has 0 radical (unpaired) electrons. The summed E-state index contributed by atoms with van der Waals surface area (Å²) in [6, 6.07) is 9.88. The van der Waals surface area contributed by atoms with Gasteiger partial charge in [-0.2, -0.15) is 0 Å². The molecule has 0 unspecified atom stereocenters. The fourth-order valence-corrected chi connectivity index (χ4v) is 2.88. The van der Waals surface area contributed by atoms with Crippen molar-refractivity contribution in [1.29, 1.82) is 0 Å². The predicted molar refractivity (Wildman–Crippen MR) is 93.6 cm³/mol. The highest BCUT2D eigenvalue weighted by Crippen LogP contribution is 2.17. The lowest BCUT2D eigenvalue weighted by molar-refractivity contribution is -0.132. The van der Waals surface area contributed by atoms with Crippen molar-refractivity contribution in [2.45, 2.75) is 32.3 Å². The zero-order valence-corrected chi connectivity index (χ0v) is 14.4. The van der Waals surface area contributed by atoms with E-state index in [1.807, 2.05) is 36.1 Å². The van der Waals surface area contributed by atoms with Crippen LogP contribution in [-0.4, -0.2) is 46.6 Å². The SMILES string of the molecule is CCOc1ccc(CC(=O)N2CCC(Oc3ncccn3)CC2)cc1. The molecule has 1 amide bonds. The van der Waals surface area contributed by atoms with Crippen molar-refractivity contribution in [1.82, 2.24) is 14.9 Å². The van der Waals surface area contributed by atoms with Crippen LogP contribution < -0.4 is 9.47 Å². The molecule has 1 aliphatic rings. The molecule has 0 atom stereocenters. The molecular formula is C19H23N3O3. The number of carbonyl (C=O) groups is 1. The van der Waals surface area contributed by atoms with Gasteiger partial charge in [-0.25, -0.2) is 9.97 Å². The van der Waals surface area contributed by atoms with Gasteiger partial charge in [0.2, 0.25) is 5.91 Å². The maximum Gasteiger partial charge on any atom is 0.316 e. The number of ether oxygens (including phenoxy) is 2. The second-order valence-corrected chi connectivity index (χ2v) is 5.98. The molecule has 6 heteroatoms. The van der Waals surface area contributed by atoms with Crippen LogP contribution >= 0.6 is 0 Å². The van der Waals surface area contributed by atoms with Gasteiger partial charge in [0.15, 0.2) is 0 Å². The standard InChI is InChI=1S/C19H23N3O3/c1-2-24-16-6-4-15(5-7-16)14-18(23)22-12-8-17(9-13-22)25-19-20-10-3-11-21-19/h3-7,10-11,17H,2,8-9,12-14H2,1H3. The van der Waals surface area contributed by atoms with Crippen LogP contribution in [0.3, 0.4) is 0 Å². The average molecular weight is 341 g/mol. The van der Waals surface area contributed by atoms with Crippen LogP contribution in [0, 0.1) is 0 Å². The fourth-order valence-electron chi connectivity index (χ4n) is 2.88. The minimum atomic E-state index is 0.0666. The van der Waals surface area contributed by atoms with Gasteiger partial charge in [-0.05, 0) is 30.7 Å². The summed E-state index contributed by atoms with van der Waals surface area (Å²) in [5.74, 6) is 0.985. The molecule has 2 aromatic rings. The van der Waals surface area contributed by atoms with Gasteiger partial charge in [-0.3, -0.25) is 4.79 Å². The number of amides is 1. The van der Waals surface area contributed by atoms with E-state index in [2.05, 4.69) is 9.97 Å². The van der Waals surface area contributed by atoms with Crippen LogP contribution in [0.4, 0.5) is 0 Å². The zero-order chi connectivity index (χ0) is 17.5. The minimum Gasteiger partial charge on any atom is -0.494 e. The van der Waals surface area contributed by atoms with Crippen molar-refractivity contribution in [3.8, 4) is 11.8 Å². The van der Waals surface area contributed by atoms with Gasteiger partial charge < -0.3 is 14.4 Å². The molecule has 0 saturated carbocycles. The highest BCUT2D eigenvalue weighted by Gasteiger charge is 2.24. The van der Waals surface area contributed by atoms with Crippen LogP contribution in [0.25, 0.3) is 0 Å². The Hall–Kier alpha value is -2.63. The van der Waals surface area contributed by atoms with Crippen LogP contribution in [0.2, 0.25) is 0 Å². The lowest BCUT2D eigenvalue weighted by atomic mass is 10.1. The molecule has 1 fully saturated rings. The number of hydrogen-bond donors (Lipinski definition) is 0. The highest BCUT2D eigenvalue weighted by molar-refractivity contribution is 5.78. The van der Waals surface area contributed by atoms with Gasteiger partial charge in [0.05, 0.1) is 13.0 Å². The summed E-state index contributed by atoms with van der Waals surface area (Å²) in [4.78, 5) is 22.5. The Balaban J connectivity index is 1.46. The summed E-state index contributed by atoms with van der Waals surface area (Å²) in [5.41, 5.74) is 1.00. The minimum absolute atomic E-state index is 0.0666. The van der Waals surface area contributed by atoms with E-state index in [-0.39, 0.29) is 12.0 Å². The quantitative estimate of drug-likeness (QED) is 0.808. The summed E-state index contributed by atoms with van der Waals surface area (Å²) < 4.78 is 11.2. The van der Waals surface area contributed by atoms with Crippen molar-refractivity contribution in [2.24, 2.45) is 0 Å². The van der Waals surface area contributed by atoms with E-state index >= 15 is 0 Å². The third-order valence-electron chi connectivity index (χ3n) is 4.20. The van der Waals surface area contributed by atoms with Crippen molar-refractivity contribution in [2.75, 3.05) is 19.7 Å². The lowest BCUT2D eigenvalue weighted by Crippen LogP contribution is -2.42. The van der Waals surface area contributed by atoms with E-state index in [0.717, 1.165) is 24.2 Å². The largest absolute Gasteiger partial charge is 0.494 e. The molecule has 1 aromatic heterocycles. The van der Waals surface area contributed by atoms with Gasteiger partial charge in [-0.15, -0.1) is 0 Å². The van der Waals surface area contributed by atoms with Crippen molar-refractivity contribution < 1.29 is 14.3 Å².